The van der Waals surface area contributed by atoms with E-state index in [4.69, 9.17) is 19.7 Å². The van der Waals surface area contributed by atoms with Crippen LogP contribution in [0, 0.1) is 0 Å². The molecular weight excluding hydrogens is 232 g/mol. The topological polar surface area (TPSA) is 70.5 Å². The molecule has 1 aromatic carbocycles. The molecule has 0 aliphatic heterocycles. The van der Waals surface area contributed by atoms with E-state index in [-0.39, 0.29) is 0 Å². The highest BCUT2D eigenvalue weighted by Gasteiger charge is 2.05. The van der Waals surface area contributed by atoms with E-state index in [1.165, 1.54) is 0 Å². The Morgan fingerprint density at radius 1 is 1.17 bits per heavy atom. The Balaban J connectivity index is 1.80. The van der Waals surface area contributed by atoms with Gasteiger partial charge >= 0.3 is 0 Å². The average molecular weight is 248 g/mol. The molecule has 0 aliphatic carbocycles. The smallest absolute Gasteiger partial charge is 0.254 e. The van der Waals surface area contributed by atoms with Gasteiger partial charge in [-0.3, -0.25) is 0 Å². The van der Waals surface area contributed by atoms with Crippen LogP contribution in [0.25, 0.3) is 0 Å². The first kappa shape index (κ1) is 12.4. The molecule has 0 unspecified atom stereocenters. The van der Waals surface area contributed by atoms with Gasteiger partial charge in [-0.1, -0.05) is 18.2 Å². The maximum Gasteiger partial charge on any atom is 0.254 e. The second kappa shape index (κ2) is 6.66. The summed E-state index contributed by atoms with van der Waals surface area (Å²) in [5, 5.41) is 3.78. The monoisotopic (exact) mass is 248 g/mol. The van der Waals surface area contributed by atoms with Crippen LogP contribution in [-0.2, 0) is 6.61 Å². The molecule has 1 heterocycles. The third kappa shape index (κ3) is 3.78. The fourth-order valence-corrected chi connectivity index (χ4v) is 1.36. The zero-order valence-corrected chi connectivity index (χ0v) is 10.0. The molecule has 5 heteroatoms. The Morgan fingerprint density at radius 3 is 2.78 bits per heavy atom. The predicted molar refractivity (Wildman–Crippen MR) is 66.4 cm³/mol. The molecule has 2 N–H and O–H groups in total. The molecule has 2 rings (SSSR count). The molecule has 96 valence electrons. The number of hydrogen-bond acceptors (Lipinski definition) is 5. The van der Waals surface area contributed by atoms with Crippen molar-refractivity contribution in [2.75, 3.05) is 13.2 Å². The zero-order valence-electron chi connectivity index (χ0n) is 10.0. The summed E-state index contributed by atoms with van der Waals surface area (Å²) in [6.07, 6.45) is 0.794. The van der Waals surface area contributed by atoms with Crippen molar-refractivity contribution in [3.8, 4) is 11.6 Å². The summed E-state index contributed by atoms with van der Waals surface area (Å²) in [4.78, 5) is 0. The van der Waals surface area contributed by atoms with Crippen LogP contribution in [0.5, 0.6) is 11.6 Å². The second-order valence-corrected chi connectivity index (χ2v) is 3.72. The van der Waals surface area contributed by atoms with E-state index in [9.17, 15) is 0 Å². The van der Waals surface area contributed by atoms with E-state index in [1.54, 1.807) is 6.07 Å². The summed E-state index contributed by atoms with van der Waals surface area (Å²) in [7, 11) is 0. The lowest BCUT2D eigenvalue weighted by molar-refractivity contribution is 0.238. The van der Waals surface area contributed by atoms with E-state index in [2.05, 4.69) is 5.16 Å². The molecule has 0 amide bonds. The number of aromatic nitrogens is 1. The zero-order chi connectivity index (χ0) is 12.6. The van der Waals surface area contributed by atoms with Crippen molar-refractivity contribution in [3.63, 3.8) is 0 Å². The van der Waals surface area contributed by atoms with E-state index >= 15 is 0 Å². The lowest BCUT2D eigenvalue weighted by atomic mass is 10.3. The molecule has 0 atom stereocenters. The Hall–Kier alpha value is -2.01. The fourth-order valence-electron chi connectivity index (χ4n) is 1.36. The molecule has 0 bridgehead atoms. The van der Waals surface area contributed by atoms with Crippen molar-refractivity contribution in [2.45, 2.75) is 13.0 Å². The molecule has 18 heavy (non-hydrogen) atoms. The quantitative estimate of drug-likeness (QED) is 0.759. The summed E-state index contributed by atoms with van der Waals surface area (Å²) in [6, 6.07) is 11.3. The molecule has 0 radical (unpaired) electrons. The largest absolute Gasteiger partial charge is 0.486 e. The molecule has 0 fully saturated rings. The maximum atomic E-state index is 5.52. The van der Waals surface area contributed by atoms with E-state index in [0.29, 0.717) is 31.4 Å². The van der Waals surface area contributed by atoms with Crippen molar-refractivity contribution in [1.82, 2.24) is 5.16 Å². The Morgan fingerprint density at radius 2 is 2.00 bits per heavy atom. The Kier molecular flexibility index (Phi) is 4.60. The van der Waals surface area contributed by atoms with Crippen LogP contribution in [0.3, 0.4) is 0 Å². The van der Waals surface area contributed by atoms with Crippen molar-refractivity contribution in [3.05, 3.63) is 42.2 Å². The first-order chi connectivity index (χ1) is 8.88. The van der Waals surface area contributed by atoms with Gasteiger partial charge in [0.05, 0.1) is 6.61 Å². The molecule has 2 aromatic rings. The fraction of sp³-hybridized carbons (Fsp3) is 0.308. The van der Waals surface area contributed by atoms with Crippen LogP contribution in [0.4, 0.5) is 0 Å². The number of hydrogen-bond donors (Lipinski definition) is 1. The van der Waals surface area contributed by atoms with Gasteiger partial charge in [-0.15, -0.1) is 0 Å². The highest BCUT2D eigenvalue weighted by atomic mass is 16.5. The van der Waals surface area contributed by atoms with Gasteiger partial charge in [-0.25, -0.2) is 0 Å². The first-order valence-corrected chi connectivity index (χ1v) is 5.85. The van der Waals surface area contributed by atoms with Crippen molar-refractivity contribution < 1.29 is 14.0 Å². The van der Waals surface area contributed by atoms with Gasteiger partial charge in [0, 0.05) is 6.07 Å². The number of para-hydroxylation sites is 1. The predicted octanol–water partition coefficient (Wildman–Crippen LogP) is 1.98. The minimum Gasteiger partial charge on any atom is -0.486 e. The van der Waals surface area contributed by atoms with E-state index in [0.717, 1.165) is 12.2 Å². The molecule has 1 aromatic heterocycles. The summed E-state index contributed by atoms with van der Waals surface area (Å²) >= 11 is 0. The lowest BCUT2D eigenvalue weighted by Gasteiger charge is -2.01. The van der Waals surface area contributed by atoms with Crippen LogP contribution in [0.15, 0.2) is 40.9 Å². The second-order valence-electron chi connectivity index (χ2n) is 3.72. The van der Waals surface area contributed by atoms with Gasteiger partial charge in [0.2, 0.25) is 0 Å². The minimum absolute atomic E-state index is 0.331. The van der Waals surface area contributed by atoms with Gasteiger partial charge in [0.1, 0.15) is 12.4 Å². The number of rotatable bonds is 7. The van der Waals surface area contributed by atoms with E-state index < -0.39 is 0 Å². The third-order valence-electron chi connectivity index (χ3n) is 2.26. The Bertz CT molecular complexity index is 456. The van der Waals surface area contributed by atoms with Crippen LogP contribution < -0.4 is 15.2 Å². The molecule has 0 saturated carbocycles. The Labute approximate surface area is 105 Å². The van der Waals surface area contributed by atoms with Crippen molar-refractivity contribution in [1.29, 1.82) is 0 Å². The molecule has 5 nitrogen and oxygen atoms in total. The molecule has 0 saturated heterocycles. The van der Waals surface area contributed by atoms with Crippen LogP contribution in [0.1, 0.15) is 12.2 Å². The third-order valence-corrected chi connectivity index (χ3v) is 2.26. The number of nitrogens with zero attached hydrogens (tertiary/aromatic N) is 1. The maximum absolute atomic E-state index is 5.52. The molecular formula is C13H16N2O3. The van der Waals surface area contributed by atoms with Crippen LogP contribution >= 0.6 is 0 Å². The minimum atomic E-state index is 0.331. The van der Waals surface area contributed by atoms with Crippen molar-refractivity contribution in [2.24, 2.45) is 5.73 Å². The van der Waals surface area contributed by atoms with Gasteiger partial charge in [0.15, 0.2) is 5.76 Å². The van der Waals surface area contributed by atoms with Gasteiger partial charge in [0.25, 0.3) is 5.88 Å². The standard InChI is InChI=1S/C13H16N2O3/c14-7-4-8-16-13-9-12(18-15-13)10-17-11-5-2-1-3-6-11/h1-3,5-6,9H,4,7-8,10,14H2. The van der Waals surface area contributed by atoms with Crippen molar-refractivity contribution >= 4 is 0 Å². The van der Waals surface area contributed by atoms with Crippen LogP contribution in [0.2, 0.25) is 0 Å². The lowest BCUT2D eigenvalue weighted by Crippen LogP contribution is -2.06. The van der Waals surface area contributed by atoms with Gasteiger partial charge < -0.3 is 19.7 Å². The number of ether oxygens (including phenoxy) is 2. The summed E-state index contributed by atoms with van der Waals surface area (Å²) in [5.41, 5.74) is 5.37. The summed E-state index contributed by atoms with van der Waals surface area (Å²) in [6.45, 7) is 1.47. The number of nitrogens with two attached hydrogens (primary N) is 1. The van der Waals surface area contributed by atoms with E-state index in [1.807, 2.05) is 30.3 Å². The molecule has 0 spiro atoms. The van der Waals surface area contributed by atoms with Gasteiger partial charge in [-0.2, -0.15) is 0 Å². The highest BCUT2D eigenvalue weighted by Crippen LogP contribution is 2.15. The normalized spacial score (nSPS) is 10.3. The first-order valence-electron chi connectivity index (χ1n) is 5.85. The SMILES string of the molecule is NCCCOc1cc(COc2ccccc2)on1. The number of benzene rings is 1. The summed E-state index contributed by atoms with van der Waals surface area (Å²) < 4.78 is 15.9. The summed E-state index contributed by atoms with van der Waals surface area (Å²) in [5.74, 6) is 1.89. The average Bonchev–Trinajstić information content (AvgIpc) is 2.86. The van der Waals surface area contributed by atoms with Crippen LogP contribution in [-0.4, -0.2) is 18.3 Å². The van der Waals surface area contributed by atoms with Gasteiger partial charge in [-0.05, 0) is 30.3 Å². The molecule has 0 aliphatic rings. The highest BCUT2D eigenvalue weighted by molar-refractivity contribution is 5.21.